The maximum Gasteiger partial charge on any atom is 0.243 e. The molecule has 0 unspecified atom stereocenters. The van der Waals surface area contributed by atoms with Gasteiger partial charge in [-0.2, -0.15) is 4.31 Å². The zero-order chi connectivity index (χ0) is 22.7. The number of ether oxygens (including phenoxy) is 1. The van der Waals surface area contributed by atoms with Gasteiger partial charge in [-0.25, -0.2) is 18.4 Å². The first-order valence-corrected chi connectivity index (χ1v) is 11.9. The van der Waals surface area contributed by atoms with Crippen molar-refractivity contribution in [3.63, 3.8) is 0 Å². The maximum atomic E-state index is 13.1. The molecule has 0 saturated carbocycles. The molecule has 2 aromatic carbocycles. The Morgan fingerprint density at radius 2 is 1.50 bits per heavy atom. The van der Waals surface area contributed by atoms with Crippen LogP contribution in [0.4, 0.5) is 11.6 Å². The van der Waals surface area contributed by atoms with Gasteiger partial charge in [0.2, 0.25) is 10.0 Å². The largest absolute Gasteiger partial charge is 0.457 e. The molecule has 3 aromatic rings. The highest BCUT2D eigenvalue weighted by Gasteiger charge is 2.29. The second kappa shape index (κ2) is 9.13. The van der Waals surface area contributed by atoms with E-state index >= 15 is 0 Å². The first-order chi connectivity index (χ1) is 15.3. The van der Waals surface area contributed by atoms with Crippen LogP contribution in [0.15, 0.2) is 65.6 Å². The fourth-order valence-electron chi connectivity index (χ4n) is 3.54. The molecule has 0 spiro atoms. The molecule has 9 heteroatoms. The van der Waals surface area contributed by atoms with Crippen LogP contribution in [-0.2, 0) is 10.0 Å². The summed E-state index contributed by atoms with van der Waals surface area (Å²) in [6.07, 6.45) is 0. The van der Waals surface area contributed by atoms with Crippen molar-refractivity contribution in [3.05, 3.63) is 66.5 Å². The van der Waals surface area contributed by atoms with Crippen LogP contribution in [-0.4, -0.2) is 63.0 Å². The topological polar surface area (TPSA) is 78.9 Å². The Kier molecular flexibility index (Phi) is 6.29. The minimum absolute atomic E-state index is 0.263. The molecular weight excluding hydrogens is 426 g/mol. The minimum atomic E-state index is -3.58. The molecular formula is C23H27N5O3S. The fraction of sp³-hybridized carbons (Fsp3) is 0.304. The van der Waals surface area contributed by atoms with E-state index in [-0.39, 0.29) is 4.90 Å². The predicted molar refractivity (Wildman–Crippen MR) is 125 cm³/mol. The van der Waals surface area contributed by atoms with Crippen molar-refractivity contribution in [2.45, 2.75) is 11.8 Å². The summed E-state index contributed by atoms with van der Waals surface area (Å²) in [4.78, 5) is 13.3. The van der Waals surface area contributed by atoms with Gasteiger partial charge in [-0.15, -0.1) is 0 Å². The van der Waals surface area contributed by atoms with E-state index in [1.54, 1.807) is 24.3 Å². The Balaban J connectivity index is 1.43. The van der Waals surface area contributed by atoms with Gasteiger partial charge in [0.1, 0.15) is 29.0 Å². The number of anilines is 2. The number of sulfonamides is 1. The van der Waals surface area contributed by atoms with E-state index in [1.165, 1.54) is 4.31 Å². The molecule has 0 amide bonds. The molecule has 1 aromatic heterocycles. The van der Waals surface area contributed by atoms with Gasteiger partial charge in [-0.05, 0) is 43.3 Å². The van der Waals surface area contributed by atoms with Crippen LogP contribution in [0.25, 0.3) is 0 Å². The molecule has 2 heterocycles. The molecule has 168 valence electrons. The third-order valence-electron chi connectivity index (χ3n) is 5.27. The second-order valence-electron chi connectivity index (χ2n) is 7.80. The number of rotatable bonds is 6. The molecule has 1 aliphatic heterocycles. The van der Waals surface area contributed by atoms with Crippen LogP contribution in [0.1, 0.15) is 5.82 Å². The number of para-hydroxylation sites is 1. The van der Waals surface area contributed by atoms with Crippen molar-refractivity contribution < 1.29 is 13.2 Å². The summed E-state index contributed by atoms with van der Waals surface area (Å²) in [6.45, 7) is 3.79. The second-order valence-corrected chi connectivity index (χ2v) is 9.74. The summed E-state index contributed by atoms with van der Waals surface area (Å²) in [5.41, 5.74) is 0. The van der Waals surface area contributed by atoms with E-state index in [9.17, 15) is 8.42 Å². The molecule has 1 aliphatic rings. The van der Waals surface area contributed by atoms with E-state index in [0.29, 0.717) is 43.5 Å². The number of hydrogen-bond donors (Lipinski definition) is 0. The summed E-state index contributed by atoms with van der Waals surface area (Å²) in [5.74, 6) is 3.65. The van der Waals surface area contributed by atoms with E-state index in [1.807, 2.05) is 62.3 Å². The Labute approximate surface area is 189 Å². The summed E-state index contributed by atoms with van der Waals surface area (Å²) >= 11 is 0. The Hall–Kier alpha value is -3.17. The van der Waals surface area contributed by atoms with Crippen molar-refractivity contribution in [2.24, 2.45) is 0 Å². The van der Waals surface area contributed by atoms with Crippen LogP contribution in [0, 0.1) is 6.92 Å². The van der Waals surface area contributed by atoms with Gasteiger partial charge in [0, 0.05) is 46.3 Å². The third-order valence-corrected chi connectivity index (χ3v) is 7.19. The molecule has 1 saturated heterocycles. The number of aryl methyl sites for hydroxylation is 1. The van der Waals surface area contributed by atoms with E-state index < -0.39 is 10.0 Å². The standard InChI is InChI=1S/C23H27N5O3S/c1-18-24-22(26(2)3)17-23(25-18)27-13-15-28(16-14-27)32(29,30)21-11-9-20(10-12-21)31-19-7-5-4-6-8-19/h4-12,17H,13-16H2,1-3H3. The zero-order valence-corrected chi connectivity index (χ0v) is 19.3. The molecule has 0 atom stereocenters. The lowest BCUT2D eigenvalue weighted by Crippen LogP contribution is -2.49. The van der Waals surface area contributed by atoms with Crippen molar-refractivity contribution >= 4 is 21.7 Å². The number of nitrogens with zero attached hydrogens (tertiary/aromatic N) is 5. The molecule has 0 N–H and O–H groups in total. The Bertz CT molecular complexity index is 1160. The molecule has 1 fully saturated rings. The van der Waals surface area contributed by atoms with E-state index in [0.717, 1.165) is 11.6 Å². The average molecular weight is 454 g/mol. The Morgan fingerprint density at radius 1 is 0.875 bits per heavy atom. The SMILES string of the molecule is Cc1nc(N(C)C)cc(N2CCN(S(=O)(=O)c3ccc(Oc4ccccc4)cc3)CC2)n1. The molecule has 4 rings (SSSR count). The highest BCUT2D eigenvalue weighted by molar-refractivity contribution is 7.89. The highest BCUT2D eigenvalue weighted by atomic mass is 32.2. The molecule has 0 radical (unpaired) electrons. The summed E-state index contributed by atoms with van der Waals surface area (Å²) in [5, 5.41) is 0. The Morgan fingerprint density at radius 3 is 2.12 bits per heavy atom. The summed E-state index contributed by atoms with van der Waals surface area (Å²) in [7, 11) is 0.297. The van der Waals surface area contributed by atoms with Gasteiger partial charge in [-0.3, -0.25) is 0 Å². The van der Waals surface area contributed by atoms with E-state index in [2.05, 4.69) is 14.9 Å². The van der Waals surface area contributed by atoms with Crippen molar-refractivity contribution in [3.8, 4) is 11.5 Å². The van der Waals surface area contributed by atoms with Crippen molar-refractivity contribution in [1.29, 1.82) is 0 Å². The van der Waals surface area contributed by atoms with Crippen molar-refractivity contribution in [1.82, 2.24) is 14.3 Å². The van der Waals surface area contributed by atoms with Gasteiger partial charge in [0.25, 0.3) is 0 Å². The molecule has 0 bridgehead atoms. The normalized spacial score (nSPS) is 14.9. The van der Waals surface area contributed by atoms with Gasteiger partial charge >= 0.3 is 0 Å². The monoisotopic (exact) mass is 453 g/mol. The minimum Gasteiger partial charge on any atom is -0.457 e. The van der Waals surface area contributed by atoms with Crippen molar-refractivity contribution in [2.75, 3.05) is 50.1 Å². The third kappa shape index (κ3) is 4.84. The molecule has 0 aliphatic carbocycles. The predicted octanol–water partition coefficient (Wildman–Crippen LogP) is 3.15. The average Bonchev–Trinajstić information content (AvgIpc) is 2.80. The zero-order valence-electron chi connectivity index (χ0n) is 18.5. The highest BCUT2D eigenvalue weighted by Crippen LogP contribution is 2.26. The maximum absolute atomic E-state index is 13.1. The quantitative estimate of drug-likeness (QED) is 0.567. The molecule has 32 heavy (non-hydrogen) atoms. The van der Waals surface area contributed by atoms with Crippen LogP contribution < -0.4 is 14.5 Å². The smallest absolute Gasteiger partial charge is 0.243 e. The first-order valence-electron chi connectivity index (χ1n) is 10.4. The molecule has 8 nitrogen and oxygen atoms in total. The number of piperazine rings is 1. The fourth-order valence-corrected chi connectivity index (χ4v) is 4.96. The van der Waals surface area contributed by atoms with Gasteiger partial charge in [0.15, 0.2) is 0 Å². The van der Waals surface area contributed by atoms with Gasteiger partial charge < -0.3 is 14.5 Å². The van der Waals surface area contributed by atoms with E-state index in [4.69, 9.17) is 4.74 Å². The van der Waals surface area contributed by atoms with Crippen LogP contribution in [0.2, 0.25) is 0 Å². The number of benzene rings is 2. The summed E-state index contributed by atoms with van der Waals surface area (Å²) < 4.78 is 33.5. The van der Waals surface area contributed by atoms with Crippen LogP contribution >= 0.6 is 0 Å². The number of hydrogen-bond acceptors (Lipinski definition) is 7. The summed E-state index contributed by atoms with van der Waals surface area (Å²) in [6, 6.07) is 17.9. The first kappa shape index (κ1) is 22.0. The van der Waals surface area contributed by atoms with Crippen LogP contribution in [0.3, 0.4) is 0 Å². The lowest BCUT2D eigenvalue weighted by Gasteiger charge is -2.35. The van der Waals surface area contributed by atoms with Gasteiger partial charge in [0.05, 0.1) is 4.90 Å². The lowest BCUT2D eigenvalue weighted by molar-refractivity contribution is 0.383. The number of aromatic nitrogens is 2. The van der Waals surface area contributed by atoms with Crippen LogP contribution in [0.5, 0.6) is 11.5 Å². The lowest BCUT2D eigenvalue weighted by atomic mass is 10.3. The van der Waals surface area contributed by atoms with Gasteiger partial charge in [-0.1, -0.05) is 18.2 Å².